The van der Waals surface area contributed by atoms with Crippen LogP contribution in [0.5, 0.6) is 5.75 Å². The number of benzene rings is 2. The molecule has 0 amide bonds. The molecule has 2 aromatic carbocycles. The average Bonchev–Trinajstić information content (AvgIpc) is 2.85. The Bertz CT molecular complexity index is 607. The second-order valence-corrected chi connectivity index (χ2v) is 5.31. The van der Waals surface area contributed by atoms with Crippen molar-refractivity contribution in [3.05, 3.63) is 63.9 Å². The van der Waals surface area contributed by atoms with E-state index in [1.807, 2.05) is 18.2 Å². The van der Waals surface area contributed by atoms with Crippen molar-refractivity contribution in [3.63, 3.8) is 0 Å². The number of fused-ring (bicyclic) bond motifs is 1. The van der Waals surface area contributed by atoms with E-state index in [1.54, 1.807) is 12.1 Å². The van der Waals surface area contributed by atoms with Gasteiger partial charge >= 0.3 is 0 Å². The van der Waals surface area contributed by atoms with Crippen LogP contribution in [0.25, 0.3) is 0 Å². The van der Waals surface area contributed by atoms with Gasteiger partial charge in [0.1, 0.15) is 11.6 Å². The van der Waals surface area contributed by atoms with Crippen LogP contribution in [0.1, 0.15) is 22.1 Å². The molecule has 0 aromatic heterocycles. The molecule has 1 unspecified atom stereocenters. The molecular formula is C15H11Cl2FO. The Balaban J connectivity index is 2.02. The molecule has 4 heteroatoms. The molecule has 98 valence electrons. The van der Waals surface area contributed by atoms with E-state index < -0.39 is 5.38 Å². The summed E-state index contributed by atoms with van der Waals surface area (Å²) in [5.74, 6) is 0.497. The summed E-state index contributed by atoms with van der Waals surface area (Å²) in [6, 6.07) is 10.3. The van der Waals surface area contributed by atoms with Gasteiger partial charge in [0.2, 0.25) is 0 Å². The van der Waals surface area contributed by atoms with Gasteiger partial charge in [-0.3, -0.25) is 0 Å². The second kappa shape index (κ2) is 5.03. The van der Waals surface area contributed by atoms with Gasteiger partial charge in [-0.05, 0) is 29.3 Å². The number of ether oxygens (including phenoxy) is 1. The highest BCUT2D eigenvalue weighted by atomic mass is 35.5. The van der Waals surface area contributed by atoms with E-state index >= 15 is 0 Å². The lowest BCUT2D eigenvalue weighted by molar-refractivity contribution is 0.357. The predicted octanol–water partition coefficient (Wildman–Crippen LogP) is 4.74. The van der Waals surface area contributed by atoms with Crippen molar-refractivity contribution in [1.29, 1.82) is 0 Å². The Labute approximate surface area is 120 Å². The number of halogens is 3. The third-order valence-electron chi connectivity index (χ3n) is 3.26. The first-order valence-corrected chi connectivity index (χ1v) is 6.82. The Morgan fingerprint density at radius 3 is 2.84 bits per heavy atom. The highest BCUT2D eigenvalue weighted by Gasteiger charge is 2.21. The van der Waals surface area contributed by atoms with Crippen molar-refractivity contribution in [2.24, 2.45) is 0 Å². The second-order valence-electron chi connectivity index (χ2n) is 4.46. The SMILES string of the molecule is Fc1cccc(Cl)c1C(Cl)c1ccc2c(c1)CCO2. The number of hydrogen-bond donors (Lipinski definition) is 0. The highest BCUT2D eigenvalue weighted by molar-refractivity contribution is 6.33. The van der Waals surface area contributed by atoms with Gasteiger partial charge in [0.15, 0.2) is 0 Å². The minimum Gasteiger partial charge on any atom is -0.493 e. The maximum absolute atomic E-state index is 13.9. The van der Waals surface area contributed by atoms with E-state index in [0.29, 0.717) is 17.2 Å². The lowest BCUT2D eigenvalue weighted by Gasteiger charge is -2.14. The van der Waals surface area contributed by atoms with Crippen molar-refractivity contribution in [2.45, 2.75) is 11.8 Å². The summed E-state index contributed by atoms with van der Waals surface area (Å²) in [7, 11) is 0. The summed E-state index contributed by atoms with van der Waals surface area (Å²) >= 11 is 12.4. The fraction of sp³-hybridized carbons (Fsp3) is 0.200. The quantitative estimate of drug-likeness (QED) is 0.727. The maximum atomic E-state index is 13.9. The van der Waals surface area contributed by atoms with Crippen LogP contribution in [0.4, 0.5) is 4.39 Å². The van der Waals surface area contributed by atoms with Crippen molar-refractivity contribution >= 4 is 23.2 Å². The molecule has 0 saturated carbocycles. The topological polar surface area (TPSA) is 9.23 Å². The number of rotatable bonds is 2. The zero-order valence-corrected chi connectivity index (χ0v) is 11.5. The van der Waals surface area contributed by atoms with Crippen LogP contribution in [-0.2, 0) is 6.42 Å². The van der Waals surface area contributed by atoms with Crippen molar-refractivity contribution in [3.8, 4) is 5.75 Å². The molecule has 0 saturated heterocycles. The number of alkyl halides is 1. The molecule has 1 atom stereocenters. The van der Waals surface area contributed by atoms with E-state index in [4.69, 9.17) is 27.9 Å². The van der Waals surface area contributed by atoms with E-state index in [0.717, 1.165) is 23.3 Å². The monoisotopic (exact) mass is 296 g/mol. The zero-order valence-electron chi connectivity index (χ0n) is 10.00. The van der Waals surface area contributed by atoms with E-state index in [1.165, 1.54) is 6.07 Å². The summed E-state index contributed by atoms with van der Waals surface area (Å²) < 4.78 is 19.3. The molecule has 1 heterocycles. The molecule has 0 N–H and O–H groups in total. The van der Waals surface area contributed by atoms with E-state index in [2.05, 4.69) is 0 Å². The summed E-state index contributed by atoms with van der Waals surface area (Å²) in [6.45, 7) is 0.687. The van der Waals surface area contributed by atoms with Crippen LogP contribution >= 0.6 is 23.2 Å². The molecular weight excluding hydrogens is 286 g/mol. The lowest BCUT2D eigenvalue weighted by atomic mass is 10.0. The molecule has 0 fully saturated rings. The fourth-order valence-electron chi connectivity index (χ4n) is 2.28. The first-order chi connectivity index (χ1) is 9.16. The molecule has 2 aromatic rings. The maximum Gasteiger partial charge on any atom is 0.129 e. The third-order valence-corrected chi connectivity index (χ3v) is 4.06. The van der Waals surface area contributed by atoms with Crippen LogP contribution in [-0.4, -0.2) is 6.61 Å². The minimum atomic E-state index is -0.598. The summed E-state index contributed by atoms with van der Waals surface area (Å²) in [5.41, 5.74) is 2.26. The van der Waals surface area contributed by atoms with E-state index in [-0.39, 0.29) is 5.82 Å². The molecule has 1 aliphatic heterocycles. The smallest absolute Gasteiger partial charge is 0.129 e. The van der Waals surface area contributed by atoms with Crippen LogP contribution in [0.3, 0.4) is 0 Å². The first-order valence-electron chi connectivity index (χ1n) is 6.00. The zero-order chi connectivity index (χ0) is 13.4. The lowest BCUT2D eigenvalue weighted by Crippen LogP contribution is -1.98. The van der Waals surface area contributed by atoms with Gasteiger partial charge in [0, 0.05) is 17.0 Å². The van der Waals surface area contributed by atoms with Gasteiger partial charge in [-0.1, -0.05) is 29.8 Å². The Hall–Kier alpha value is -1.25. The van der Waals surface area contributed by atoms with Gasteiger partial charge in [-0.15, -0.1) is 11.6 Å². The fourth-order valence-corrected chi connectivity index (χ4v) is 2.97. The molecule has 0 spiro atoms. The standard InChI is InChI=1S/C15H11Cl2FO/c16-11-2-1-3-12(18)14(11)15(17)10-4-5-13-9(8-10)6-7-19-13/h1-5,8,15H,6-7H2. The van der Waals surface area contributed by atoms with Gasteiger partial charge in [0.25, 0.3) is 0 Å². The van der Waals surface area contributed by atoms with E-state index in [9.17, 15) is 4.39 Å². The number of hydrogen-bond acceptors (Lipinski definition) is 1. The predicted molar refractivity (Wildman–Crippen MR) is 74.7 cm³/mol. The Morgan fingerprint density at radius 2 is 2.05 bits per heavy atom. The largest absolute Gasteiger partial charge is 0.493 e. The van der Waals surface area contributed by atoms with Crippen LogP contribution in [0.15, 0.2) is 36.4 Å². The molecule has 1 aliphatic rings. The minimum absolute atomic E-state index is 0.324. The summed E-state index contributed by atoms with van der Waals surface area (Å²) in [4.78, 5) is 0. The van der Waals surface area contributed by atoms with Gasteiger partial charge in [-0.25, -0.2) is 4.39 Å². The molecule has 3 rings (SSSR count). The van der Waals surface area contributed by atoms with Crippen LogP contribution in [0, 0.1) is 5.82 Å². The normalized spacial score (nSPS) is 14.9. The van der Waals surface area contributed by atoms with Crippen molar-refractivity contribution < 1.29 is 9.13 Å². The van der Waals surface area contributed by atoms with Crippen LogP contribution in [0.2, 0.25) is 5.02 Å². The average molecular weight is 297 g/mol. The third kappa shape index (κ3) is 2.31. The van der Waals surface area contributed by atoms with Crippen molar-refractivity contribution in [2.75, 3.05) is 6.61 Å². The first kappa shape index (κ1) is 12.8. The van der Waals surface area contributed by atoms with Gasteiger partial charge < -0.3 is 4.74 Å². The van der Waals surface area contributed by atoms with Crippen LogP contribution < -0.4 is 4.74 Å². The Kier molecular flexibility index (Phi) is 3.38. The molecule has 1 nitrogen and oxygen atoms in total. The molecule has 0 radical (unpaired) electrons. The highest BCUT2D eigenvalue weighted by Crippen LogP contribution is 2.37. The van der Waals surface area contributed by atoms with Crippen molar-refractivity contribution in [1.82, 2.24) is 0 Å². The summed E-state index contributed by atoms with van der Waals surface area (Å²) in [5, 5.41) is -0.253. The van der Waals surface area contributed by atoms with Gasteiger partial charge in [-0.2, -0.15) is 0 Å². The molecule has 0 bridgehead atoms. The molecule has 19 heavy (non-hydrogen) atoms. The van der Waals surface area contributed by atoms with Gasteiger partial charge in [0.05, 0.1) is 12.0 Å². The summed E-state index contributed by atoms with van der Waals surface area (Å²) in [6.07, 6.45) is 0.859. The molecule has 0 aliphatic carbocycles. The Morgan fingerprint density at radius 1 is 1.21 bits per heavy atom.